The Morgan fingerprint density at radius 3 is 2.45 bits per heavy atom. The highest BCUT2D eigenvalue weighted by atomic mass is 32.2. The Balaban J connectivity index is 1.60. The van der Waals surface area contributed by atoms with Crippen molar-refractivity contribution in [1.29, 1.82) is 0 Å². The number of esters is 2. The van der Waals surface area contributed by atoms with E-state index in [2.05, 4.69) is 25.1 Å². The first-order chi connectivity index (χ1) is 20.5. The molecule has 2 unspecified atom stereocenters. The zero-order chi connectivity index (χ0) is 32.8. The number of carbonyl (C=O) groups is 5. The highest BCUT2D eigenvalue weighted by molar-refractivity contribution is 8.00. The number of hydrogen-bond donors (Lipinski definition) is 3. The molecule has 2 aliphatic heterocycles. The fraction of sp³-hybridized carbons (Fsp3) is 0.615. The molecule has 2 aliphatic rings. The lowest BCUT2D eigenvalue weighted by Crippen LogP contribution is -2.71. The molecule has 1 fully saturated rings. The molecule has 0 radical (unpaired) electrons. The van der Waals surface area contributed by atoms with E-state index in [1.807, 2.05) is 6.92 Å². The first-order valence-electron chi connectivity index (χ1n) is 13.6. The van der Waals surface area contributed by atoms with Crippen molar-refractivity contribution >= 4 is 64.0 Å². The number of amides is 3. The van der Waals surface area contributed by atoms with Crippen LogP contribution >= 0.6 is 23.3 Å². The molecule has 1 saturated heterocycles. The fourth-order valence-electron chi connectivity index (χ4n) is 3.62. The number of oxime groups is 1. The molecule has 3 heterocycles. The summed E-state index contributed by atoms with van der Waals surface area (Å²) < 4.78 is 19.2. The molecular weight excluding hydrogens is 618 g/mol. The molecule has 3 amide bonds. The monoisotopic (exact) mass is 655 g/mol. The van der Waals surface area contributed by atoms with Gasteiger partial charge < -0.3 is 35.4 Å². The number of thioether (sulfide) groups is 1. The lowest BCUT2D eigenvalue weighted by atomic mass is 9.98. The van der Waals surface area contributed by atoms with E-state index in [0.29, 0.717) is 6.42 Å². The van der Waals surface area contributed by atoms with Gasteiger partial charge in [0.1, 0.15) is 29.3 Å². The average molecular weight is 656 g/mol. The second-order valence-corrected chi connectivity index (χ2v) is 14.0. The average Bonchev–Trinajstić information content (AvgIpc) is 3.34. The van der Waals surface area contributed by atoms with Gasteiger partial charge in [-0.15, -0.1) is 11.8 Å². The van der Waals surface area contributed by atoms with Crippen molar-refractivity contribution in [3.63, 3.8) is 0 Å². The van der Waals surface area contributed by atoms with Gasteiger partial charge in [0.15, 0.2) is 5.13 Å². The SMILES string of the molecule is CC1C=C(C(=O)OCOC(=O)C(C)(C)C)N2C(=O)C(NC(=O)C(=NOCCCNC(=O)OC(C)(C)C)c3nsc(N)n3)[C@H]2S1. The maximum atomic E-state index is 13.3. The number of nitrogens with zero attached hydrogens (tertiary/aromatic N) is 4. The van der Waals surface area contributed by atoms with Gasteiger partial charge >= 0.3 is 18.0 Å². The molecule has 3 atom stereocenters. The molecular formula is C26H37N7O9S2. The second-order valence-electron chi connectivity index (χ2n) is 11.7. The summed E-state index contributed by atoms with van der Waals surface area (Å²) in [4.78, 5) is 73.3. The fourth-order valence-corrected chi connectivity index (χ4v) is 5.39. The van der Waals surface area contributed by atoms with Crippen LogP contribution in [0.25, 0.3) is 0 Å². The molecule has 44 heavy (non-hydrogen) atoms. The number of rotatable bonds is 11. The first-order valence-corrected chi connectivity index (χ1v) is 15.3. The summed E-state index contributed by atoms with van der Waals surface area (Å²) in [6.45, 7) is 11.7. The minimum Gasteiger partial charge on any atom is -0.444 e. The summed E-state index contributed by atoms with van der Waals surface area (Å²) in [5.41, 5.74) is 3.94. The number of nitrogens with one attached hydrogen (secondary N) is 2. The Kier molecular flexibility index (Phi) is 11.2. The van der Waals surface area contributed by atoms with E-state index in [0.717, 1.165) is 11.5 Å². The van der Waals surface area contributed by atoms with Crippen LogP contribution in [0.3, 0.4) is 0 Å². The van der Waals surface area contributed by atoms with Crippen molar-refractivity contribution in [1.82, 2.24) is 24.9 Å². The molecule has 0 aliphatic carbocycles. The predicted molar refractivity (Wildman–Crippen MR) is 160 cm³/mol. The van der Waals surface area contributed by atoms with Crippen LogP contribution in [0.4, 0.5) is 9.93 Å². The number of anilines is 1. The zero-order valence-corrected chi connectivity index (χ0v) is 27.1. The summed E-state index contributed by atoms with van der Waals surface area (Å²) in [6.07, 6.45) is 1.33. The standard InChI is InChI=1S/C26H37N7O9S2/c1-13-11-14(21(36)39-12-40-22(37)25(2,3)4)33-19(35)16(20(33)43-13)29-18(34)15(17-30-23(27)44-32-17)31-41-10-8-9-28-24(38)42-26(5,6)7/h11,13,16,20H,8-10,12H2,1-7H3,(H,28,38)(H,29,34)(H2,27,30,32)/t13?,16?,20-/m1/s1. The molecule has 4 N–H and O–H groups in total. The molecule has 1 aromatic heterocycles. The summed E-state index contributed by atoms with van der Waals surface area (Å²) in [6, 6.07) is -1.01. The molecule has 18 heteroatoms. The number of nitrogens with two attached hydrogens (primary N) is 1. The molecule has 0 spiro atoms. The van der Waals surface area contributed by atoms with Crippen LogP contribution in [0.1, 0.15) is 60.7 Å². The van der Waals surface area contributed by atoms with Crippen molar-refractivity contribution in [2.75, 3.05) is 25.7 Å². The van der Waals surface area contributed by atoms with E-state index in [9.17, 15) is 24.0 Å². The number of hydrogen-bond acceptors (Lipinski definition) is 15. The third kappa shape index (κ3) is 9.28. The van der Waals surface area contributed by atoms with Crippen LogP contribution in [0.15, 0.2) is 16.9 Å². The topological polar surface area (TPSA) is 214 Å². The van der Waals surface area contributed by atoms with Gasteiger partial charge in [-0.1, -0.05) is 5.16 Å². The zero-order valence-electron chi connectivity index (χ0n) is 25.5. The van der Waals surface area contributed by atoms with Crippen molar-refractivity contribution in [2.24, 2.45) is 10.6 Å². The molecule has 0 bridgehead atoms. The predicted octanol–water partition coefficient (Wildman–Crippen LogP) is 1.52. The summed E-state index contributed by atoms with van der Waals surface area (Å²) in [5.74, 6) is -2.85. The van der Waals surface area contributed by atoms with E-state index in [1.54, 1.807) is 47.6 Å². The van der Waals surface area contributed by atoms with Crippen molar-refractivity contribution < 1.29 is 43.0 Å². The Hall–Kier alpha value is -3.93. The molecule has 1 aromatic rings. The molecule has 16 nitrogen and oxygen atoms in total. The van der Waals surface area contributed by atoms with Gasteiger partial charge in [-0.2, -0.15) is 9.36 Å². The van der Waals surface area contributed by atoms with E-state index >= 15 is 0 Å². The Morgan fingerprint density at radius 2 is 1.84 bits per heavy atom. The third-order valence-corrected chi connectivity index (χ3v) is 7.51. The Labute approximate surface area is 262 Å². The Bertz CT molecular complexity index is 1330. The summed E-state index contributed by atoms with van der Waals surface area (Å²) in [7, 11) is 0. The van der Waals surface area contributed by atoms with Gasteiger partial charge in [0.25, 0.3) is 11.8 Å². The minimum atomic E-state index is -1.01. The van der Waals surface area contributed by atoms with E-state index in [4.69, 9.17) is 24.8 Å². The van der Waals surface area contributed by atoms with Gasteiger partial charge in [0.05, 0.1) is 5.41 Å². The van der Waals surface area contributed by atoms with E-state index in [-0.39, 0.29) is 40.8 Å². The highest BCUT2D eigenvalue weighted by Crippen LogP contribution is 2.41. The van der Waals surface area contributed by atoms with Crippen LogP contribution in [0.5, 0.6) is 0 Å². The summed E-state index contributed by atoms with van der Waals surface area (Å²) >= 11 is 2.19. The quantitative estimate of drug-likeness (QED) is 0.0771. The molecule has 0 saturated carbocycles. The number of aromatic nitrogens is 2. The normalized spacial score (nSPS) is 20.0. The van der Waals surface area contributed by atoms with Crippen LogP contribution < -0.4 is 16.4 Å². The van der Waals surface area contributed by atoms with Crippen LogP contribution in [0.2, 0.25) is 0 Å². The lowest BCUT2D eigenvalue weighted by molar-refractivity contribution is -0.173. The number of ether oxygens (including phenoxy) is 3. The number of β-lactam (4-membered cyclic amide) rings is 1. The van der Waals surface area contributed by atoms with Gasteiger partial charge in [-0.3, -0.25) is 19.3 Å². The van der Waals surface area contributed by atoms with Gasteiger partial charge in [0.2, 0.25) is 18.3 Å². The van der Waals surface area contributed by atoms with Crippen LogP contribution in [-0.4, -0.2) is 92.0 Å². The van der Waals surface area contributed by atoms with Gasteiger partial charge in [-0.25, -0.2) is 9.59 Å². The smallest absolute Gasteiger partial charge is 0.407 e. The number of carbonyl (C=O) groups excluding carboxylic acids is 5. The van der Waals surface area contributed by atoms with Gasteiger partial charge in [0, 0.05) is 29.7 Å². The lowest BCUT2D eigenvalue weighted by Gasteiger charge is -2.49. The van der Waals surface area contributed by atoms with Crippen molar-refractivity contribution in [3.8, 4) is 0 Å². The molecule has 3 rings (SSSR count). The molecule has 242 valence electrons. The maximum absolute atomic E-state index is 13.3. The van der Waals surface area contributed by atoms with Crippen molar-refractivity contribution in [3.05, 3.63) is 17.6 Å². The number of alkyl carbamates (subject to hydrolysis) is 1. The van der Waals surface area contributed by atoms with Gasteiger partial charge in [-0.05, 0) is 54.5 Å². The molecule has 0 aromatic carbocycles. The Morgan fingerprint density at radius 1 is 1.14 bits per heavy atom. The van der Waals surface area contributed by atoms with E-state index < -0.39 is 59.1 Å². The van der Waals surface area contributed by atoms with Crippen LogP contribution in [0, 0.1) is 5.41 Å². The third-order valence-electron chi connectivity index (χ3n) is 5.64. The van der Waals surface area contributed by atoms with Crippen molar-refractivity contribution in [2.45, 2.75) is 77.2 Å². The van der Waals surface area contributed by atoms with Crippen LogP contribution in [-0.2, 0) is 38.2 Å². The number of nitrogen functional groups attached to an aromatic ring is 1. The van der Waals surface area contributed by atoms with E-state index in [1.165, 1.54) is 16.7 Å². The highest BCUT2D eigenvalue weighted by Gasteiger charge is 2.54. The second kappa shape index (κ2) is 14.2. The summed E-state index contributed by atoms with van der Waals surface area (Å²) in [5, 5.41) is 8.32. The maximum Gasteiger partial charge on any atom is 0.407 e. The minimum absolute atomic E-state index is 0.0188. The largest absolute Gasteiger partial charge is 0.444 e. The number of fused-ring (bicyclic) bond motifs is 1. The first kappa shape index (κ1) is 34.6.